The van der Waals surface area contributed by atoms with Gasteiger partial charge in [0, 0.05) is 20.2 Å². The molecule has 0 radical (unpaired) electrons. The lowest BCUT2D eigenvalue weighted by molar-refractivity contribution is -0.158. The number of nitrogens with zero attached hydrogens (tertiary/aromatic N) is 1. The van der Waals surface area contributed by atoms with E-state index in [0.717, 1.165) is 45.4 Å². The Morgan fingerprint density at radius 3 is 2.71 bits per heavy atom. The van der Waals surface area contributed by atoms with E-state index in [1.54, 1.807) is 7.11 Å². The van der Waals surface area contributed by atoms with Crippen molar-refractivity contribution in [2.24, 2.45) is 0 Å². The van der Waals surface area contributed by atoms with Gasteiger partial charge in [-0.05, 0) is 39.3 Å². The van der Waals surface area contributed by atoms with Crippen LogP contribution >= 0.6 is 0 Å². The van der Waals surface area contributed by atoms with Crippen LogP contribution in [0.15, 0.2) is 11.6 Å². The van der Waals surface area contributed by atoms with Crippen molar-refractivity contribution in [1.29, 1.82) is 0 Å². The molecule has 1 saturated heterocycles. The third-order valence-electron chi connectivity index (χ3n) is 3.92. The number of piperidine rings is 1. The van der Waals surface area contributed by atoms with Gasteiger partial charge in [-0.15, -0.1) is 0 Å². The van der Waals surface area contributed by atoms with Crippen molar-refractivity contribution in [3.8, 4) is 0 Å². The van der Waals surface area contributed by atoms with Gasteiger partial charge in [0.25, 0.3) is 5.91 Å². The van der Waals surface area contributed by atoms with Gasteiger partial charge >= 0.3 is 0 Å². The van der Waals surface area contributed by atoms with Gasteiger partial charge in [-0.3, -0.25) is 4.79 Å². The van der Waals surface area contributed by atoms with Gasteiger partial charge in [0.15, 0.2) is 0 Å². The molecule has 1 N–H and O–H groups in total. The van der Waals surface area contributed by atoms with E-state index in [0.29, 0.717) is 0 Å². The van der Waals surface area contributed by atoms with Crippen LogP contribution < -0.4 is 5.32 Å². The number of carbonyl (C=O) groups excluding carboxylic acids is 1. The molecule has 0 atom stereocenters. The van der Waals surface area contributed by atoms with E-state index >= 15 is 0 Å². The predicted octanol–water partition coefficient (Wildman–Crippen LogP) is 0.934. The third kappa shape index (κ3) is 2.53. The van der Waals surface area contributed by atoms with Crippen molar-refractivity contribution in [2.45, 2.75) is 31.8 Å². The van der Waals surface area contributed by atoms with E-state index in [9.17, 15) is 4.79 Å². The minimum absolute atomic E-state index is 0.172. The second-order valence-corrected chi connectivity index (χ2v) is 5.00. The summed E-state index contributed by atoms with van der Waals surface area (Å²) in [7, 11) is 1.66. The van der Waals surface area contributed by atoms with Crippen LogP contribution in [0.4, 0.5) is 0 Å². The Kier molecular flexibility index (Phi) is 3.84. The van der Waals surface area contributed by atoms with Crippen molar-refractivity contribution in [3.05, 3.63) is 11.6 Å². The summed E-state index contributed by atoms with van der Waals surface area (Å²) in [5, 5.41) is 3.28. The van der Waals surface area contributed by atoms with E-state index in [1.807, 2.05) is 4.90 Å². The molecular weight excluding hydrogens is 216 g/mol. The molecule has 4 nitrogen and oxygen atoms in total. The summed E-state index contributed by atoms with van der Waals surface area (Å²) in [6, 6.07) is 0. The fraction of sp³-hybridized carbons (Fsp3) is 0.769. The molecule has 17 heavy (non-hydrogen) atoms. The normalized spacial score (nSPS) is 24.4. The van der Waals surface area contributed by atoms with Crippen molar-refractivity contribution >= 4 is 5.91 Å². The molecule has 0 bridgehead atoms. The maximum atomic E-state index is 12.6. The lowest BCUT2D eigenvalue weighted by Gasteiger charge is -2.39. The summed E-state index contributed by atoms with van der Waals surface area (Å²) >= 11 is 0. The minimum atomic E-state index is -0.579. The van der Waals surface area contributed by atoms with Gasteiger partial charge in [-0.2, -0.15) is 0 Å². The lowest BCUT2D eigenvalue weighted by Crippen LogP contribution is -2.56. The van der Waals surface area contributed by atoms with Crippen LogP contribution in [0.25, 0.3) is 0 Å². The molecule has 0 aromatic heterocycles. The van der Waals surface area contributed by atoms with Crippen LogP contribution in [0.1, 0.15) is 26.2 Å². The zero-order valence-electron chi connectivity index (χ0n) is 10.8. The summed E-state index contributed by atoms with van der Waals surface area (Å²) in [5.74, 6) is 0.172. The molecule has 2 heterocycles. The van der Waals surface area contributed by atoms with Gasteiger partial charge in [-0.1, -0.05) is 11.6 Å². The number of hydrogen-bond acceptors (Lipinski definition) is 3. The number of nitrogens with one attached hydrogen (secondary N) is 1. The van der Waals surface area contributed by atoms with E-state index in [4.69, 9.17) is 4.74 Å². The first-order chi connectivity index (χ1) is 8.18. The third-order valence-corrected chi connectivity index (χ3v) is 3.92. The average molecular weight is 238 g/mol. The lowest BCUT2D eigenvalue weighted by atomic mass is 9.90. The second-order valence-electron chi connectivity index (χ2n) is 5.00. The molecule has 0 aliphatic carbocycles. The number of carbonyl (C=O) groups is 1. The van der Waals surface area contributed by atoms with Crippen molar-refractivity contribution in [1.82, 2.24) is 10.2 Å². The van der Waals surface area contributed by atoms with Crippen LogP contribution in [-0.2, 0) is 9.53 Å². The topological polar surface area (TPSA) is 41.6 Å². The molecule has 0 aromatic carbocycles. The summed E-state index contributed by atoms with van der Waals surface area (Å²) in [6.45, 7) is 5.42. The Balaban J connectivity index is 2.07. The molecule has 96 valence electrons. The first kappa shape index (κ1) is 12.6. The van der Waals surface area contributed by atoms with E-state index in [1.165, 1.54) is 5.57 Å². The number of amides is 1. The van der Waals surface area contributed by atoms with E-state index in [2.05, 4.69) is 18.3 Å². The molecule has 0 unspecified atom stereocenters. The molecule has 1 fully saturated rings. The van der Waals surface area contributed by atoms with Gasteiger partial charge in [-0.25, -0.2) is 0 Å². The summed E-state index contributed by atoms with van der Waals surface area (Å²) < 4.78 is 5.57. The quantitative estimate of drug-likeness (QED) is 0.728. The van der Waals surface area contributed by atoms with Crippen LogP contribution in [0.5, 0.6) is 0 Å². The first-order valence-electron chi connectivity index (χ1n) is 6.39. The molecule has 4 heteroatoms. The Bertz CT molecular complexity index is 319. The average Bonchev–Trinajstić information content (AvgIpc) is 2.39. The van der Waals surface area contributed by atoms with Gasteiger partial charge in [0.1, 0.15) is 5.60 Å². The summed E-state index contributed by atoms with van der Waals surface area (Å²) in [5.41, 5.74) is 0.801. The van der Waals surface area contributed by atoms with Crippen LogP contribution in [-0.4, -0.2) is 49.7 Å². The standard InChI is InChI=1S/C13H22N2O2/c1-11-3-9-15(10-4-11)12(16)13(17-2)5-7-14-8-6-13/h3,14H,4-10H2,1-2H3. The predicted molar refractivity (Wildman–Crippen MR) is 66.8 cm³/mol. The van der Waals surface area contributed by atoms with Crippen molar-refractivity contribution in [3.63, 3.8) is 0 Å². The monoisotopic (exact) mass is 238 g/mol. The van der Waals surface area contributed by atoms with Crippen molar-refractivity contribution < 1.29 is 9.53 Å². The minimum Gasteiger partial charge on any atom is -0.368 e. The Morgan fingerprint density at radius 1 is 1.47 bits per heavy atom. The molecule has 2 aliphatic heterocycles. The fourth-order valence-electron chi connectivity index (χ4n) is 2.58. The Morgan fingerprint density at radius 2 is 2.18 bits per heavy atom. The maximum absolute atomic E-state index is 12.6. The largest absolute Gasteiger partial charge is 0.368 e. The van der Waals surface area contributed by atoms with Crippen LogP contribution in [0.3, 0.4) is 0 Å². The van der Waals surface area contributed by atoms with E-state index in [-0.39, 0.29) is 5.91 Å². The summed E-state index contributed by atoms with van der Waals surface area (Å²) in [4.78, 5) is 14.5. The summed E-state index contributed by atoms with van der Waals surface area (Å²) in [6.07, 6.45) is 4.69. The van der Waals surface area contributed by atoms with Crippen LogP contribution in [0, 0.1) is 0 Å². The zero-order valence-corrected chi connectivity index (χ0v) is 10.8. The number of rotatable bonds is 2. The molecular formula is C13H22N2O2. The molecule has 1 amide bonds. The zero-order chi connectivity index (χ0) is 12.3. The highest BCUT2D eigenvalue weighted by atomic mass is 16.5. The van der Waals surface area contributed by atoms with Crippen LogP contribution in [0.2, 0.25) is 0 Å². The van der Waals surface area contributed by atoms with Crippen molar-refractivity contribution in [2.75, 3.05) is 33.3 Å². The smallest absolute Gasteiger partial charge is 0.255 e. The molecule has 0 saturated carbocycles. The highest BCUT2D eigenvalue weighted by molar-refractivity contribution is 5.85. The maximum Gasteiger partial charge on any atom is 0.255 e. The molecule has 2 aliphatic rings. The number of ether oxygens (including phenoxy) is 1. The van der Waals surface area contributed by atoms with E-state index < -0.39 is 5.60 Å². The Labute approximate surface area is 103 Å². The number of hydrogen-bond donors (Lipinski definition) is 1. The molecule has 0 aromatic rings. The Hall–Kier alpha value is -0.870. The van der Waals surface area contributed by atoms with Gasteiger partial charge < -0.3 is 15.0 Å². The highest BCUT2D eigenvalue weighted by Gasteiger charge is 2.42. The molecule has 2 rings (SSSR count). The highest BCUT2D eigenvalue weighted by Crippen LogP contribution is 2.26. The first-order valence-corrected chi connectivity index (χ1v) is 6.39. The van der Waals surface area contributed by atoms with Gasteiger partial charge in [0.2, 0.25) is 0 Å². The number of methoxy groups -OCH3 is 1. The fourth-order valence-corrected chi connectivity index (χ4v) is 2.58. The van der Waals surface area contributed by atoms with Gasteiger partial charge in [0.05, 0.1) is 0 Å². The SMILES string of the molecule is COC1(C(=O)N2CC=C(C)CC2)CCNCC1. The second kappa shape index (κ2) is 5.19. The molecule has 0 spiro atoms.